The molecule has 0 saturated carbocycles. The molecule has 0 aliphatic carbocycles. The Morgan fingerprint density at radius 1 is 0.944 bits per heavy atom. The standard InChI is InChI=1S/C19H30N2O.2C2HF3O2/c1-20(18-10-13-22-14-11-18)16-19-9-5-6-12-21(19)15-17-7-3-2-4-8-17;2*3-2(4,5)1(6)7/h2-4,7-8,18-19H,5-6,9-16H2,1H3;2*(H,6,7). The van der Waals surface area contributed by atoms with Crippen molar-refractivity contribution in [1.29, 1.82) is 0 Å². The van der Waals surface area contributed by atoms with E-state index in [1.54, 1.807) is 0 Å². The number of aliphatic carboxylic acids is 2. The molecule has 1 aromatic rings. The minimum Gasteiger partial charge on any atom is -0.475 e. The molecule has 2 heterocycles. The van der Waals surface area contributed by atoms with Gasteiger partial charge in [0.15, 0.2) is 0 Å². The second-order valence-electron chi connectivity index (χ2n) is 8.49. The van der Waals surface area contributed by atoms with E-state index in [0.717, 1.165) is 19.8 Å². The van der Waals surface area contributed by atoms with Gasteiger partial charge >= 0.3 is 24.3 Å². The van der Waals surface area contributed by atoms with E-state index in [4.69, 9.17) is 24.5 Å². The van der Waals surface area contributed by atoms with Crippen molar-refractivity contribution < 1.29 is 50.9 Å². The van der Waals surface area contributed by atoms with E-state index in [-0.39, 0.29) is 0 Å². The molecule has 0 aromatic heterocycles. The minimum atomic E-state index is -5.08. The summed E-state index contributed by atoms with van der Waals surface area (Å²) in [5, 5.41) is 14.2. The van der Waals surface area contributed by atoms with Gasteiger partial charge in [-0.15, -0.1) is 0 Å². The Kier molecular flexibility index (Phi) is 13.2. The number of hydrogen-bond donors (Lipinski definition) is 2. The number of carbonyl (C=O) groups is 2. The van der Waals surface area contributed by atoms with Crippen LogP contribution in [0.3, 0.4) is 0 Å². The lowest BCUT2D eigenvalue weighted by atomic mass is 9.99. The maximum absolute atomic E-state index is 10.6. The first-order valence-corrected chi connectivity index (χ1v) is 11.4. The summed E-state index contributed by atoms with van der Waals surface area (Å²) in [5.41, 5.74) is 1.45. The van der Waals surface area contributed by atoms with Crippen LogP contribution in [-0.4, -0.2) is 89.7 Å². The summed E-state index contributed by atoms with van der Waals surface area (Å²) in [4.78, 5) is 23.1. The predicted octanol–water partition coefficient (Wildman–Crippen LogP) is 4.42. The highest BCUT2D eigenvalue weighted by molar-refractivity contribution is 5.73. The summed E-state index contributed by atoms with van der Waals surface area (Å²) in [7, 11) is 2.31. The number of piperidine rings is 1. The van der Waals surface area contributed by atoms with Crippen molar-refractivity contribution in [2.75, 3.05) is 33.4 Å². The van der Waals surface area contributed by atoms with Gasteiger partial charge in [-0.3, -0.25) is 4.90 Å². The first kappa shape index (κ1) is 31.6. The Hall–Kier alpha value is -2.38. The van der Waals surface area contributed by atoms with Crippen LogP contribution in [0.15, 0.2) is 30.3 Å². The van der Waals surface area contributed by atoms with Gasteiger partial charge in [-0.05, 0) is 44.8 Å². The Labute approximate surface area is 205 Å². The predicted molar refractivity (Wildman–Crippen MR) is 118 cm³/mol. The van der Waals surface area contributed by atoms with Crippen molar-refractivity contribution in [2.45, 2.75) is 63.1 Å². The highest BCUT2D eigenvalue weighted by Gasteiger charge is 2.38. The zero-order valence-electron chi connectivity index (χ0n) is 19.9. The molecule has 2 fully saturated rings. The van der Waals surface area contributed by atoms with E-state index in [1.165, 1.54) is 50.8 Å². The Bertz CT molecular complexity index is 761. The van der Waals surface area contributed by atoms with Gasteiger partial charge in [0, 0.05) is 38.4 Å². The van der Waals surface area contributed by atoms with Crippen LogP contribution in [0.4, 0.5) is 26.3 Å². The fraction of sp³-hybridized carbons (Fsp3) is 0.652. The van der Waals surface area contributed by atoms with Crippen LogP contribution in [0.5, 0.6) is 0 Å². The Morgan fingerprint density at radius 3 is 1.92 bits per heavy atom. The van der Waals surface area contributed by atoms with E-state index in [9.17, 15) is 26.3 Å². The third-order valence-electron chi connectivity index (χ3n) is 5.78. The van der Waals surface area contributed by atoms with E-state index >= 15 is 0 Å². The third kappa shape index (κ3) is 12.5. The van der Waals surface area contributed by atoms with Crippen molar-refractivity contribution in [3.8, 4) is 0 Å². The monoisotopic (exact) mass is 530 g/mol. The number of likely N-dealkylation sites (N-methyl/N-ethyl adjacent to an activating group) is 1. The molecule has 3 rings (SSSR count). The zero-order valence-corrected chi connectivity index (χ0v) is 19.9. The molecule has 1 unspecified atom stereocenters. The fourth-order valence-corrected chi connectivity index (χ4v) is 3.90. The van der Waals surface area contributed by atoms with Crippen molar-refractivity contribution in [2.24, 2.45) is 0 Å². The van der Waals surface area contributed by atoms with Crippen LogP contribution in [0.2, 0.25) is 0 Å². The molecule has 0 spiro atoms. The summed E-state index contributed by atoms with van der Waals surface area (Å²) in [5.74, 6) is -5.51. The molecule has 0 bridgehead atoms. The van der Waals surface area contributed by atoms with E-state index < -0.39 is 24.3 Å². The smallest absolute Gasteiger partial charge is 0.475 e. The van der Waals surface area contributed by atoms with E-state index in [2.05, 4.69) is 47.2 Å². The molecule has 2 aliphatic rings. The zero-order chi connectivity index (χ0) is 27.4. The molecule has 2 aliphatic heterocycles. The first-order valence-electron chi connectivity index (χ1n) is 11.4. The first-order chi connectivity index (χ1) is 16.7. The molecule has 0 amide bonds. The topological polar surface area (TPSA) is 90.3 Å². The minimum absolute atomic E-state index is 0.710. The maximum Gasteiger partial charge on any atom is 0.490 e. The largest absolute Gasteiger partial charge is 0.490 e. The molecule has 2 saturated heterocycles. The average molecular weight is 531 g/mol. The maximum atomic E-state index is 10.6. The van der Waals surface area contributed by atoms with Crippen molar-refractivity contribution in [1.82, 2.24) is 9.80 Å². The normalized spacial score (nSPS) is 19.5. The van der Waals surface area contributed by atoms with Gasteiger partial charge in [-0.2, -0.15) is 26.3 Å². The summed E-state index contributed by atoms with van der Waals surface area (Å²) in [6, 6.07) is 12.4. The number of ether oxygens (including phenoxy) is 1. The Balaban J connectivity index is 0.000000383. The van der Waals surface area contributed by atoms with Crippen LogP contribution in [0.25, 0.3) is 0 Å². The third-order valence-corrected chi connectivity index (χ3v) is 5.78. The van der Waals surface area contributed by atoms with Crippen LogP contribution in [-0.2, 0) is 20.9 Å². The molecule has 1 aromatic carbocycles. The van der Waals surface area contributed by atoms with Crippen LogP contribution in [0.1, 0.15) is 37.7 Å². The van der Waals surface area contributed by atoms with Gasteiger partial charge in [-0.25, -0.2) is 9.59 Å². The van der Waals surface area contributed by atoms with Gasteiger partial charge in [0.2, 0.25) is 0 Å². The van der Waals surface area contributed by atoms with Gasteiger partial charge in [-0.1, -0.05) is 36.8 Å². The molecular weight excluding hydrogens is 498 g/mol. The molecule has 1 atom stereocenters. The number of nitrogens with zero attached hydrogens (tertiary/aromatic N) is 2. The second-order valence-corrected chi connectivity index (χ2v) is 8.49. The SMILES string of the molecule is CN(CC1CCCCN1Cc1ccccc1)C1CCOCC1.O=C(O)C(F)(F)F.O=C(O)C(F)(F)F. The van der Waals surface area contributed by atoms with Crippen LogP contribution < -0.4 is 0 Å². The number of likely N-dealkylation sites (tertiary alicyclic amines) is 1. The number of alkyl halides is 6. The van der Waals surface area contributed by atoms with Crippen LogP contribution >= 0.6 is 0 Å². The van der Waals surface area contributed by atoms with Gasteiger partial charge in [0.25, 0.3) is 0 Å². The number of benzene rings is 1. The summed E-state index contributed by atoms with van der Waals surface area (Å²) in [6.45, 7) is 5.44. The molecule has 36 heavy (non-hydrogen) atoms. The highest BCUT2D eigenvalue weighted by atomic mass is 19.4. The molecule has 7 nitrogen and oxygen atoms in total. The van der Waals surface area contributed by atoms with Gasteiger partial charge < -0.3 is 19.8 Å². The lowest BCUT2D eigenvalue weighted by Gasteiger charge is -2.40. The quantitative estimate of drug-likeness (QED) is 0.545. The lowest BCUT2D eigenvalue weighted by Crippen LogP contribution is -2.48. The lowest BCUT2D eigenvalue weighted by molar-refractivity contribution is -0.193. The summed E-state index contributed by atoms with van der Waals surface area (Å²) in [6.07, 6.45) is -3.69. The van der Waals surface area contributed by atoms with Gasteiger partial charge in [0.1, 0.15) is 0 Å². The molecular formula is C23H32F6N2O5. The van der Waals surface area contributed by atoms with E-state index in [0.29, 0.717) is 12.1 Å². The van der Waals surface area contributed by atoms with Crippen molar-refractivity contribution >= 4 is 11.9 Å². The summed E-state index contributed by atoms with van der Waals surface area (Å²) < 4.78 is 69.0. The van der Waals surface area contributed by atoms with Crippen LogP contribution in [0, 0.1) is 0 Å². The van der Waals surface area contributed by atoms with E-state index in [1.807, 2.05) is 0 Å². The Morgan fingerprint density at radius 2 is 1.44 bits per heavy atom. The number of carboxylic acid groups (broad SMARTS) is 2. The van der Waals surface area contributed by atoms with Crippen molar-refractivity contribution in [3.63, 3.8) is 0 Å². The second kappa shape index (κ2) is 15.0. The average Bonchev–Trinajstić information content (AvgIpc) is 2.81. The number of halogens is 6. The fourth-order valence-electron chi connectivity index (χ4n) is 3.90. The molecule has 0 radical (unpaired) electrons. The number of rotatable bonds is 5. The van der Waals surface area contributed by atoms with Gasteiger partial charge in [0.05, 0.1) is 0 Å². The van der Waals surface area contributed by atoms with Crippen molar-refractivity contribution in [3.05, 3.63) is 35.9 Å². The molecule has 206 valence electrons. The molecule has 2 N–H and O–H groups in total. The highest BCUT2D eigenvalue weighted by Crippen LogP contribution is 2.22. The number of carboxylic acids is 2. The molecule has 13 heteroatoms. The number of hydrogen-bond acceptors (Lipinski definition) is 5. The summed E-state index contributed by atoms with van der Waals surface area (Å²) >= 11 is 0.